The second kappa shape index (κ2) is 5.27. The van der Waals surface area contributed by atoms with E-state index in [9.17, 15) is 4.39 Å². The van der Waals surface area contributed by atoms with Crippen molar-refractivity contribution in [3.63, 3.8) is 0 Å². The summed E-state index contributed by atoms with van der Waals surface area (Å²) in [5.41, 5.74) is 6.76. The SMILES string of the molecule is N=C(N)c1cc(F)cc(CN2CCCCC2)c1. The Bertz CT molecular complexity index is 411. The molecule has 0 aliphatic carbocycles. The van der Waals surface area contributed by atoms with Crippen molar-refractivity contribution in [3.05, 3.63) is 35.1 Å². The molecule has 1 fully saturated rings. The van der Waals surface area contributed by atoms with E-state index in [-0.39, 0.29) is 11.7 Å². The number of hydrogen-bond acceptors (Lipinski definition) is 2. The van der Waals surface area contributed by atoms with Crippen molar-refractivity contribution in [2.45, 2.75) is 25.8 Å². The smallest absolute Gasteiger partial charge is 0.124 e. The summed E-state index contributed by atoms with van der Waals surface area (Å²) in [6, 6.07) is 4.64. The quantitative estimate of drug-likeness (QED) is 0.622. The van der Waals surface area contributed by atoms with Gasteiger partial charge in [0.15, 0.2) is 0 Å². The summed E-state index contributed by atoms with van der Waals surface area (Å²) in [5.74, 6) is -0.394. The van der Waals surface area contributed by atoms with E-state index in [1.165, 1.54) is 31.4 Å². The van der Waals surface area contributed by atoms with Crippen LogP contribution in [0.1, 0.15) is 30.4 Å². The fourth-order valence-electron chi connectivity index (χ4n) is 2.27. The molecule has 1 aliphatic rings. The van der Waals surface area contributed by atoms with Gasteiger partial charge in [0.2, 0.25) is 0 Å². The van der Waals surface area contributed by atoms with E-state index in [0.29, 0.717) is 5.56 Å². The van der Waals surface area contributed by atoms with Crippen LogP contribution in [0.15, 0.2) is 18.2 Å². The van der Waals surface area contributed by atoms with Gasteiger partial charge in [-0.25, -0.2) is 4.39 Å². The van der Waals surface area contributed by atoms with Crippen LogP contribution in [-0.4, -0.2) is 23.8 Å². The normalized spacial score (nSPS) is 17.0. The van der Waals surface area contributed by atoms with Crippen LogP contribution in [0, 0.1) is 11.2 Å². The van der Waals surface area contributed by atoms with Gasteiger partial charge < -0.3 is 5.73 Å². The molecule has 1 aliphatic heterocycles. The lowest BCUT2D eigenvalue weighted by molar-refractivity contribution is 0.220. The first kappa shape index (κ1) is 12.0. The lowest BCUT2D eigenvalue weighted by atomic mass is 10.1. The zero-order valence-corrected chi connectivity index (χ0v) is 9.88. The summed E-state index contributed by atoms with van der Waals surface area (Å²) in [6.07, 6.45) is 3.72. The minimum absolute atomic E-state index is 0.0793. The first-order chi connectivity index (χ1) is 8.15. The highest BCUT2D eigenvalue weighted by molar-refractivity contribution is 5.95. The number of nitrogen functional groups attached to an aromatic ring is 1. The highest BCUT2D eigenvalue weighted by Gasteiger charge is 2.11. The first-order valence-corrected chi connectivity index (χ1v) is 6.01. The van der Waals surface area contributed by atoms with Crippen molar-refractivity contribution in [2.24, 2.45) is 5.73 Å². The molecule has 3 nitrogen and oxygen atoms in total. The zero-order chi connectivity index (χ0) is 12.3. The molecule has 17 heavy (non-hydrogen) atoms. The third kappa shape index (κ3) is 3.27. The summed E-state index contributed by atoms with van der Waals surface area (Å²) < 4.78 is 13.4. The maximum absolute atomic E-state index is 13.4. The van der Waals surface area contributed by atoms with Crippen LogP contribution in [0.3, 0.4) is 0 Å². The minimum Gasteiger partial charge on any atom is -0.384 e. The largest absolute Gasteiger partial charge is 0.384 e. The van der Waals surface area contributed by atoms with Crippen molar-refractivity contribution in [1.29, 1.82) is 5.41 Å². The number of nitrogens with one attached hydrogen (secondary N) is 1. The summed E-state index contributed by atoms with van der Waals surface area (Å²) in [5, 5.41) is 7.35. The van der Waals surface area contributed by atoms with Crippen LogP contribution in [0.25, 0.3) is 0 Å². The standard InChI is InChI=1S/C13H18FN3/c14-12-7-10(6-11(8-12)13(15)16)9-17-4-2-1-3-5-17/h6-8H,1-5,9H2,(H3,15,16). The molecule has 0 saturated carbocycles. The van der Waals surface area contributed by atoms with Crippen molar-refractivity contribution in [3.8, 4) is 0 Å². The van der Waals surface area contributed by atoms with Crippen molar-refractivity contribution in [1.82, 2.24) is 4.90 Å². The molecular weight excluding hydrogens is 217 g/mol. The summed E-state index contributed by atoms with van der Waals surface area (Å²) in [6.45, 7) is 2.90. The molecule has 1 saturated heterocycles. The molecule has 92 valence electrons. The number of nitrogens with zero attached hydrogens (tertiary/aromatic N) is 1. The lowest BCUT2D eigenvalue weighted by Gasteiger charge is -2.26. The van der Waals surface area contributed by atoms with Gasteiger partial charge in [-0.05, 0) is 49.7 Å². The monoisotopic (exact) mass is 235 g/mol. The average Bonchev–Trinajstić information content (AvgIpc) is 2.29. The second-order valence-corrected chi connectivity index (χ2v) is 4.60. The lowest BCUT2D eigenvalue weighted by Crippen LogP contribution is -2.29. The van der Waals surface area contributed by atoms with Gasteiger partial charge in [-0.15, -0.1) is 0 Å². The fraction of sp³-hybridized carbons (Fsp3) is 0.462. The van der Waals surface area contributed by atoms with E-state index in [1.807, 2.05) is 0 Å². The van der Waals surface area contributed by atoms with Crippen molar-refractivity contribution < 1.29 is 4.39 Å². The highest BCUT2D eigenvalue weighted by atomic mass is 19.1. The summed E-state index contributed by atoms with van der Waals surface area (Å²) in [4.78, 5) is 2.32. The number of piperidine rings is 1. The molecule has 0 bridgehead atoms. The molecule has 0 spiro atoms. The van der Waals surface area contributed by atoms with E-state index < -0.39 is 0 Å². The minimum atomic E-state index is -0.315. The van der Waals surface area contributed by atoms with E-state index in [0.717, 1.165) is 25.2 Å². The third-order valence-corrected chi connectivity index (χ3v) is 3.12. The zero-order valence-electron chi connectivity index (χ0n) is 9.88. The molecule has 0 atom stereocenters. The first-order valence-electron chi connectivity index (χ1n) is 6.01. The number of hydrogen-bond donors (Lipinski definition) is 2. The van der Waals surface area contributed by atoms with E-state index in [2.05, 4.69) is 4.90 Å². The molecule has 0 radical (unpaired) electrons. The topological polar surface area (TPSA) is 53.1 Å². The van der Waals surface area contributed by atoms with Crippen molar-refractivity contribution >= 4 is 5.84 Å². The molecule has 0 amide bonds. The van der Waals surface area contributed by atoms with Gasteiger partial charge in [0.1, 0.15) is 11.7 Å². The highest BCUT2D eigenvalue weighted by Crippen LogP contribution is 2.15. The van der Waals surface area contributed by atoms with E-state index >= 15 is 0 Å². The summed E-state index contributed by atoms with van der Waals surface area (Å²) in [7, 11) is 0. The Morgan fingerprint density at radius 2 is 1.94 bits per heavy atom. The predicted molar refractivity (Wildman–Crippen MR) is 66.5 cm³/mol. The second-order valence-electron chi connectivity index (χ2n) is 4.60. The number of benzene rings is 1. The molecule has 1 aromatic carbocycles. The van der Waals surface area contributed by atoms with Crippen LogP contribution < -0.4 is 5.73 Å². The van der Waals surface area contributed by atoms with E-state index in [1.54, 1.807) is 6.07 Å². The Labute approximate surface area is 101 Å². The Morgan fingerprint density at radius 3 is 2.59 bits per heavy atom. The Kier molecular flexibility index (Phi) is 3.74. The van der Waals surface area contributed by atoms with E-state index in [4.69, 9.17) is 11.1 Å². The van der Waals surface area contributed by atoms with Gasteiger partial charge in [-0.2, -0.15) is 0 Å². The van der Waals surface area contributed by atoms with Crippen LogP contribution >= 0.6 is 0 Å². The maximum Gasteiger partial charge on any atom is 0.124 e. The average molecular weight is 235 g/mol. The van der Waals surface area contributed by atoms with Gasteiger partial charge in [0.05, 0.1) is 0 Å². The molecule has 1 aromatic rings. The van der Waals surface area contributed by atoms with Gasteiger partial charge in [0, 0.05) is 12.1 Å². The van der Waals surface area contributed by atoms with Gasteiger partial charge >= 0.3 is 0 Å². The third-order valence-electron chi connectivity index (χ3n) is 3.12. The Hall–Kier alpha value is -1.42. The van der Waals surface area contributed by atoms with Crippen LogP contribution in [0.2, 0.25) is 0 Å². The molecular formula is C13H18FN3. The fourth-order valence-corrected chi connectivity index (χ4v) is 2.27. The molecule has 0 aromatic heterocycles. The number of nitrogens with two attached hydrogens (primary N) is 1. The number of likely N-dealkylation sites (tertiary alicyclic amines) is 1. The Balaban J connectivity index is 2.11. The Morgan fingerprint density at radius 1 is 1.24 bits per heavy atom. The predicted octanol–water partition coefficient (Wildman–Crippen LogP) is 2.10. The molecule has 2 rings (SSSR count). The number of rotatable bonds is 3. The van der Waals surface area contributed by atoms with Gasteiger partial charge in [-0.3, -0.25) is 10.3 Å². The number of halogens is 1. The van der Waals surface area contributed by atoms with Gasteiger partial charge in [-0.1, -0.05) is 6.42 Å². The van der Waals surface area contributed by atoms with Crippen LogP contribution in [-0.2, 0) is 6.54 Å². The molecule has 0 unspecified atom stereocenters. The maximum atomic E-state index is 13.4. The molecule has 3 N–H and O–H groups in total. The summed E-state index contributed by atoms with van der Waals surface area (Å²) >= 11 is 0. The number of amidine groups is 1. The molecule has 1 heterocycles. The van der Waals surface area contributed by atoms with Crippen molar-refractivity contribution in [2.75, 3.05) is 13.1 Å². The van der Waals surface area contributed by atoms with Crippen LogP contribution in [0.4, 0.5) is 4.39 Å². The molecule has 4 heteroatoms. The van der Waals surface area contributed by atoms with Crippen LogP contribution in [0.5, 0.6) is 0 Å². The van der Waals surface area contributed by atoms with Gasteiger partial charge in [0.25, 0.3) is 0 Å².